The van der Waals surface area contributed by atoms with Crippen molar-refractivity contribution >= 4 is 18.3 Å². The Kier molecular flexibility index (Phi) is 6.84. The van der Waals surface area contributed by atoms with E-state index in [4.69, 9.17) is 0 Å². The quantitative estimate of drug-likeness (QED) is 0.476. The Hall–Kier alpha value is -1.03. The third kappa shape index (κ3) is 4.28. The molecular weight excluding hydrogens is 198 g/mol. The highest BCUT2D eigenvalue weighted by Gasteiger charge is 2.02. The van der Waals surface area contributed by atoms with Crippen LogP contribution in [0.3, 0.4) is 0 Å². The van der Waals surface area contributed by atoms with Crippen molar-refractivity contribution in [3.63, 3.8) is 0 Å². The van der Waals surface area contributed by atoms with E-state index >= 15 is 0 Å². The molecule has 0 aliphatic heterocycles. The predicted octanol–water partition coefficient (Wildman–Crippen LogP) is 3.09. The Morgan fingerprint density at radius 1 is 1.29 bits per heavy atom. The highest BCUT2D eigenvalue weighted by molar-refractivity contribution is 7.80. The van der Waals surface area contributed by atoms with Crippen LogP contribution in [0.15, 0.2) is 24.3 Å². The first-order valence-electron chi connectivity index (χ1n) is 4.58. The zero-order valence-electron chi connectivity index (χ0n) is 8.43. The van der Waals surface area contributed by atoms with Crippen LogP contribution in [0, 0.1) is 10.1 Å². The van der Waals surface area contributed by atoms with Crippen LogP contribution in [0.25, 0.3) is 0 Å². The normalized spacial score (nSPS) is 8.79. The Bertz CT molecular complexity index is 272. The zero-order valence-corrected chi connectivity index (χ0v) is 9.33. The highest BCUT2D eigenvalue weighted by Crippen LogP contribution is 2.12. The predicted molar refractivity (Wildman–Crippen MR) is 62.0 cm³/mol. The smallest absolute Gasteiger partial charge is 0.258 e. The number of benzene rings is 1. The minimum Gasteiger partial charge on any atom is -0.258 e. The number of hydrogen-bond acceptors (Lipinski definition) is 3. The number of hydrogen-bond donors (Lipinski definition) is 1. The van der Waals surface area contributed by atoms with E-state index in [1.54, 1.807) is 12.1 Å². The summed E-state index contributed by atoms with van der Waals surface area (Å²) in [7, 11) is 0. The lowest BCUT2D eigenvalue weighted by atomic mass is 10.1. The molecule has 0 heterocycles. The first-order chi connectivity index (χ1) is 6.74. The van der Waals surface area contributed by atoms with Gasteiger partial charge in [-0.1, -0.05) is 26.0 Å². The van der Waals surface area contributed by atoms with E-state index < -0.39 is 4.92 Å². The van der Waals surface area contributed by atoms with Gasteiger partial charge in [-0.05, 0) is 17.7 Å². The van der Waals surface area contributed by atoms with Gasteiger partial charge in [-0.15, -0.1) is 0 Å². The molecule has 0 saturated heterocycles. The van der Waals surface area contributed by atoms with Gasteiger partial charge in [-0.2, -0.15) is 12.6 Å². The van der Waals surface area contributed by atoms with Gasteiger partial charge in [0.15, 0.2) is 0 Å². The van der Waals surface area contributed by atoms with Crippen molar-refractivity contribution in [1.29, 1.82) is 0 Å². The molecule has 0 unspecified atom stereocenters. The second-order valence-corrected chi connectivity index (χ2v) is 2.84. The molecular formula is C10H15NO2S. The summed E-state index contributed by atoms with van der Waals surface area (Å²) in [6, 6.07) is 6.54. The molecule has 0 fully saturated rings. The van der Waals surface area contributed by atoms with Crippen LogP contribution in [0.5, 0.6) is 0 Å². The fourth-order valence-electron chi connectivity index (χ4n) is 0.913. The molecule has 14 heavy (non-hydrogen) atoms. The molecule has 1 rings (SSSR count). The number of rotatable bonds is 3. The van der Waals surface area contributed by atoms with Gasteiger partial charge in [0.2, 0.25) is 0 Å². The van der Waals surface area contributed by atoms with Gasteiger partial charge in [-0.25, -0.2) is 0 Å². The highest BCUT2D eigenvalue weighted by atomic mass is 32.1. The standard InChI is InChI=1S/C8H9NO2S.C2H6/c10-9(11)8-3-1-7(2-4-8)5-6-12;1-2/h1-4,12H,5-6H2;1-2H3. The van der Waals surface area contributed by atoms with Crippen molar-refractivity contribution in [2.45, 2.75) is 20.3 Å². The van der Waals surface area contributed by atoms with E-state index in [0.717, 1.165) is 17.7 Å². The van der Waals surface area contributed by atoms with Gasteiger partial charge < -0.3 is 0 Å². The lowest BCUT2D eigenvalue weighted by Gasteiger charge is -1.96. The van der Waals surface area contributed by atoms with Gasteiger partial charge >= 0.3 is 0 Å². The monoisotopic (exact) mass is 213 g/mol. The lowest BCUT2D eigenvalue weighted by Crippen LogP contribution is -1.89. The minimum absolute atomic E-state index is 0.137. The molecule has 0 bridgehead atoms. The maximum absolute atomic E-state index is 10.3. The van der Waals surface area contributed by atoms with Gasteiger partial charge in [0.25, 0.3) is 5.69 Å². The molecule has 0 atom stereocenters. The van der Waals surface area contributed by atoms with Crippen LogP contribution < -0.4 is 0 Å². The summed E-state index contributed by atoms with van der Waals surface area (Å²) < 4.78 is 0. The Labute approximate surface area is 89.7 Å². The molecule has 3 nitrogen and oxygen atoms in total. The van der Waals surface area contributed by atoms with E-state index in [1.807, 2.05) is 13.8 Å². The second kappa shape index (κ2) is 7.38. The van der Waals surface area contributed by atoms with E-state index in [2.05, 4.69) is 12.6 Å². The Morgan fingerprint density at radius 2 is 1.79 bits per heavy atom. The number of aryl methyl sites for hydroxylation is 1. The molecule has 0 aliphatic carbocycles. The van der Waals surface area contributed by atoms with Crippen LogP contribution >= 0.6 is 12.6 Å². The van der Waals surface area contributed by atoms with Gasteiger partial charge in [-0.3, -0.25) is 10.1 Å². The lowest BCUT2D eigenvalue weighted by molar-refractivity contribution is -0.384. The maximum atomic E-state index is 10.3. The molecule has 1 aromatic rings. The summed E-state index contributed by atoms with van der Waals surface area (Å²) in [5.74, 6) is 0.762. The van der Waals surface area contributed by atoms with Crippen molar-refractivity contribution in [2.75, 3.05) is 5.75 Å². The third-order valence-electron chi connectivity index (χ3n) is 1.55. The van der Waals surface area contributed by atoms with Crippen LogP contribution in [0.4, 0.5) is 5.69 Å². The largest absolute Gasteiger partial charge is 0.269 e. The number of nitrogens with zero attached hydrogens (tertiary/aromatic N) is 1. The van der Waals surface area contributed by atoms with Crippen molar-refractivity contribution in [1.82, 2.24) is 0 Å². The summed E-state index contributed by atoms with van der Waals surface area (Å²) in [5.41, 5.74) is 1.22. The molecule has 0 saturated carbocycles. The minimum atomic E-state index is -0.398. The Morgan fingerprint density at radius 3 is 2.14 bits per heavy atom. The summed E-state index contributed by atoms with van der Waals surface area (Å²) in [6.07, 6.45) is 0.848. The van der Waals surface area contributed by atoms with Crippen molar-refractivity contribution in [3.05, 3.63) is 39.9 Å². The molecule has 0 amide bonds. The molecule has 0 aromatic heterocycles. The van der Waals surface area contributed by atoms with E-state index in [9.17, 15) is 10.1 Å². The molecule has 1 aromatic carbocycles. The number of nitro benzene ring substituents is 1. The average Bonchev–Trinajstić information content (AvgIpc) is 2.22. The van der Waals surface area contributed by atoms with Crippen molar-refractivity contribution < 1.29 is 4.92 Å². The van der Waals surface area contributed by atoms with E-state index in [0.29, 0.717) is 0 Å². The van der Waals surface area contributed by atoms with Crippen LogP contribution in [0.1, 0.15) is 19.4 Å². The molecule has 0 radical (unpaired) electrons. The third-order valence-corrected chi connectivity index (χ3v) is 1.77. The van der Waals surface area contributed by atoms with Crippen LogP contribution in [-0.4, -0.2) is 10.7 Å². The summed E-state index contributed by atoms with van der Waals surface area (Å²) in [6.45, 7) is 4.00. The van der Waals surface area contributed by atoms with Crippen LogP contribution in [-0.2, 0) is 6.42 Å². The summed E-state index contributed by atoms with van der Waals surface area (Å²) in [4.78, 5) is 9.86. The van der Waals surface area contributed by atoms with Crippen molar-refractivity contribution in [2.24, 2.45) is 0 Å². The zero-order chi connectivity index (χ0) is 11.0. The van der Waals surface area contributed by atoms with E-state index in [1.165, 1.54) is 12.1 Å². The fraction of sp³-hybridized carbons (Fsp3) is 0.400. The fourth-order valence-corrected chi connectivity index (χ4v) is 1.17. The second-order valence-electron chi connectivity index (χ2n) is 2.40. The summed E-state index contributed by atoms with van der Waals surface area (Å²) >= 11 is 4.06. The van der Waals surface area contributed by atoms with Crippen molar-refractivity contribution in [3.8, 4) is 0 Å². The molecule has 0 aliphatic rings. The summed E-state index contributed by atoms with van der Waals surface area (Å²) in [5, 5.41) is 10.3. The van der Waals surface area contributed by atoms with Crippen LogP contribution in [0.2, 0.25) is 0 Å². The number of non-ortho nitro benzene ring substituents is 1. The molecule has 78 valence electrons. The topological polar surface area (TPSA) is 43.1 Å². The van der Waals surface area contributed by atoms with Gasteiger partial charge in [0.1, 0.15) is 0 Å². The first-order valence-corrected chi connectivity index (χ1v) is 5.21. The number of nitro groups is 1. The Balaban J connectivity index is 0.000000791. The maximum Gasteiger partial charge on any atom is 0.269 e. The van der Waals surface area contributed by atoms with Gasteiger partial charge in [0, 0.05) is 12.1 Å². The molecule has 0 N–H and O–H groups in total. The molecule has 0 spiro atoms. The molecule has 4 heteroatoms. The van der Waals surface area contributed by atoms with E-state index in [-0.39, 0.29) is 5.69 Å². The number of thiol groups is 1. The SMILES string of the molecule is CC.O=[N+]([O-])c1ccc(CCS)cc1. The van der Waals surface area contributed by atoms with Gasteiger partial charge in [0.05, 0.1) is 4.92 Å². The first kappa shape index (κ1) is 13.0. The average molecular weight is 213 g/mol.